The van der Waals surface area contributed by atoms with Crippen LogP contribution < -0.4 is 0 Å². The zero-order valence-electron chi connectivity index (χ0n) is 40.0. The van der Waals surface area contributed by atoms with Gasteiger partial charge in [-0.25, -0.2) is 19.7 Å². The fourth-order valence-corrected chi connectivity index (χ4v) is 11.2. The van der Waals surface area contributed by atoms with Crippen molar-refractivity contribution >= 4 is 76.8 Å². The third-order valence-electron chi connectivity index (χ3n) is 14.6. The molecule has 4 aromatic heterocycles. The highest BCUT2D eigenvalue weighted by molar-refractivity contribution is 6.14. The standard InChI is InChI=1S/C67H38N8/c1-69-57-21-9-3-19-53(57)60-40-59(71-67(72-60)54-20-4-10-22-58(54)70-2)48-34-29-43(37-44(48)41-68)42-27-30-45(31-28-42)73-65-35-32-46(74-61-23-11-5-15-49(61)50-16-6-12-24-62(50)74)38-55(65)56-39-47(33-36-66(56)73)75-63-25-13-7-17-51(63)52-18-8-14-26-64(52)75/h3-40H. The van der Waals surface area contributed by atoms with Crippen molar-refractivity contribution < 1.29 is 0 Å². The molecule has 0 atom stereocenters. The van der Waals surface area contributed by atoms with E-state index in [9.17, 15) is 5.26 Å². The maximum atomic E-state index is 10.7. The van der Waals surface area contributed by atoms with Crippen molar-refractivity contribution in [3.63, 3.8) is 0 Å². The van der Waals surface area contributed by atoms with Gasteiger partial charge in [-0.1, -0.05) is 146 Å². The summed E-state index contributed by atoms with van der Waals surface area (Å²) in [6.07, 6.45) is 0. The van der Waals surface area contributed by atoms with E-state index in [-0.39, 0.29) is 0 Å². The lowest BCUT2D eigenvalue weighted by Crippen LogP contribution is -1.98. The molecule has 14 rings (SSSR count). The third-order valence-corrected chi connectivity index (χ3v) is 14.6. The molecule has 0 unspecified atom stereocenters. The molecule has 0 fully saturated rings. The Bertz CT molecular complexity index is 4460. The molecule has 8 nitrogen and oxygen atoms in total. The molecule has 0 radical (unpaired) electrons. The van der Waals surface area contributed by atoms with Gasteiger partial charge in [-0.05, 0) is 96.1 Å². The van der Waals surface area contributed by atoms with Crippen LogP contribution in [0.2, 0.25) is 0 Å². The van der Waals surface area contributed by atoms with E-state index in [1.807, 2.05) is 60.7 Å². The van der Waals surface area contributed by atoms with Crippen LogP contribution in [0.3, 0.4) is 0 Å². The molecule has 0 spiro atoms. The van der Waals surface area contributed by atoms with Crippen molar-refractivity contribution in [1.29, 1.82) is 5.26 Å². The number of benzene rings is 10. The summed E-state index contributed by atoms with van der Waals surface area (Å²) in [4.78, 5) is 17.4. The van der Waals surface area contributed by atoms with Crippen LogP contribution >= 0.6 is 0 Å². The lowest BCUT2D eigenvalue weighted by atomic mass is 9.96. The Morgan fingerprint density at radius 1 is 0.347 bits per heavy atom. The van der Waals surface area contributed by atoms with Crippen LogP contribution in [-0.2, 0) is 0 Å². The molecule has 4 heterocycles. The zero-order valence-corrected chi connectivity index (χ0v) is 40.0. The SMILES string of the molecule is [C-]#[N+]c1ccccc1-c1cc(-c2ccc(-c3ccc(-n4c5ccc(-n6c7ccccc7c7ccccc76)cc5c5cc(-n6c7ccccc7c7ccccc76)ccc54)cc3)cc2C#N)nc(-c2ccccc2[N+]#[C-])n1. The summed E-state index contributed by atoms with van der Waals surface area (Å²) >= 11 is 0. The molecule has 10 aromatic carbocycles. The van der Waals surface area contributed by atoms with E-state index in [1.54, 1.807) is 12.1 Å². The van der Waals surface area contributed by atoms with Crippen molar-refractivity contribution in [2.75, 3.05) is 0 Å². The van der Waals surface area contributed by atoms with Gasteiger partial charge in [0.25, 0.3) is 0 Å². The molecule has 8 heteroatoms. The zero-order chi connectivity index (χ0) is 50.1. The smallest absolute Gasteiger partial charge is 0.198 e. The Balaban J connectivity index is 0.905. The van der Waals surface area contributed by atoms with Crippen molar-refractivity contribution in [2.45, 2.75) is 0 Å². The second-order valence-electron chi connectivity index (χ2n) is 18.6. The molecule has 0 saturated heterocycles. The van der Waals surface area contributed by atoms with Crippen molar-refractivity contribution in [2.24, 2.45) is 0 Å². The van der Waals surface area contributed by atoms with Crippen LogP contribution in [0, 0.1) is 24.5 Å². The monoisotopic (exact) mass is 954 g/mol. The van der Waals surface area contributed by atoms with E-state index in [2.05, 4.69) is 187 Å². The lowest BCUT2D eigenvalue weighted by Gasteiger charge is -2.13. The van der Waals surface area contributed by atoms with Gasteiger partial charge in [-0.3, -0.25) is 0 Å². The number of hydrogen-bond donors (Lipinski definition) is 0. The first-order valence-corrected chi connectivity index (χ1v) is 24.6. The number of para-hydroxylation sites is 6. The fraction of sp³-hybridized carbons (Fsp3) is 0. The van der Waals surface area contributed by atoms with Crippen molar-refractivity contribution in [3.05, 3.63) is 259 Å². The second-order valence-corrected chi connectivity index (χ2v) is 18.6. The molecule has 0 aliphatic carbocycles. The van der Waals surface area contributed by atoms with E-state index in [1.165, 1.54) is 21.5 Å². The van der Waals surface area contributed by atoms with Crippen molar-refractivity contribution in [3.8, 4) is 68.2 Å². The number of rotatable bonds is 7. The lowest BCUT2D eigenvalue weighted by molar-refractivity contribution is 1.16. The average Bonchev–Trinajstić information content (AvgIpc) is 4.15. The van der Waals surface area contributed by atoms with E-state index < -0.39 is 0 Å². The number of aromatic nitrogens is 5. The molecule has 0 amide bonds. The molecule has 75 heavy (non-hydrogen) atoms. The minimum atomic E-state index is 0.341. The molecule has 0 bridgehead atoms. The maximum Gasteiger partial charge on any atom is 0.198 e. The number of nitrogens with zero attached hydrogens (tertiary/aromatic N) is 8. The average molecular weight is 955 g/mol. The highest BCUT2D eigenvalue weighted by atomic mass is 15.0. The molecule has 0 aliphatic heterocycles. The van der Waals surface area contributed by atoms with E-state index >= 15 is 0 Å². The predicted octanol–water partition coefficient (Wildman–Crippen LogP) is 17.4. The number of hydrogen-bond acceptors (Lipinski definition) is 3. The second kappa shape index (κ2) is 17.2. The summed E-state index contributed by atoms with van der Waals surface area (Å²) in [7, 11) is 0. The van der Waals surface area contributed by atoms with Gasteiger partial charge < -0.3 is 13.7 Å². The van der Waals surface area contributed by atoms with Crippen LogP contribution in [0.4, 0.5) is 11.4 Å². The summed E-state index contributed by atoms with van der Waals surface area (Å²) in [5, 5.41) is 17.9. The third kappa shape index (κ3) is 6.81. The first-order valence-electron chi connectivity index (χ1n) is 24.6. The van der Waals surface area contributed by atoms with E-state index in [0.29, 0.717) is 50.8 Å². The molecule has 14 aromatic rings. The Labute approximate surface area is 430 Å². The molecule has 346 valence electrons. The van der Waals surface area contributed by atoms with E-state index in [4.69, 9.17) is 23.1 Å². The first-order chi connectivity index (χ1) is 37.1. The summed E-state index contributed by atoms with van der Waals surface area (Å²) < 4.78 is 7.12. The van der Waals surface area contributed by atoms with Gasteiger partial charge in [-0.15, -0.1) is 0 Å². The quantitative estimate of drug-likeness (QED) is 0.149. The summed E-state index contributed by atoms with van der Waals surface area (Å²) in [5.41, 5.74) is 16.0. The molecular formula is C67H38N8. The van der Waals surface area contributed by atoms with Gasteiger partial charge in [0.05, 0.1) is 69.3 Å². The first kappa shape index (κ1) is 43.0. The Hall–Kier alpha value is -10.9. The van der Waals surface area contributed by atoms with Crippen LogP contribution in [0.1, 0.15) is 5.56 Å². The minimum Gasteiger partial charge on any atom is -0.309 e. The Kier molecular flexibility index (Phi) is 9.85. The predicted molar refractivity (Wildman–Crippen MR) is 304 cm³/mol. The number of fused-ring (bicyclic) bond motifs is 9. The van der Waals surface area contributed by atoms with Gasteiger partial charge in [0.2, 0.25) is 0 Å². The molecular weight excluding hydrogens is 917 g/mol. The van der Waals surface area contributed by atoms with Gasteiger partial charge in [0.15, 0.2) is 11.4 Å². The summed E-state index contributed by atoms with van der Waals surface area (Å²) in [6, 6.07) is 81.4. The number of nitriles is 1. The van der Waals surface area contributed by atoms with Gasteiger partial charge in [0.1, 0.15) is 5.82 Å². The molecule has 0 aliphatic rings. The molecule has 0 N–H and O–H groups in total. The maximum absolute atomic E-state index is 10.7. The summed E-state index contributed by atoms with van der Waals surface area (Å²) in [5.74, 6) is 0.341. The highest BCUT2D eigenvalue weighted by Gasteiger charge is 2.21. The largest absolute Gasteiger partial charge is 0.309 e. The highest BCUT2D eigenvalue weighted by Crippen LogP contribution is 2.41. The van der Waals surface area contributed by atoms with Crippen LogP contribution in [-0.4, -0.2) is 23.7 Å². The molecule has 0 saturated carbocycles. The van der Waals surface area contributed by atoms with Crippen LogP contribution in [0.15, 0.2) is 231 Å². The Morgan fingerprint density at radius 3 is 1.25 bits per heavy atom. The minimum absolute atomic E-state index is 0.341. The van der Waals surface area contributed by atoms with Gasteiger partial charge in [-0.2, -0.15) is 5.26 Å². The van der Waals surface area contributed by atoms with Gasteiger partial charge in [0, 0.05) is 66.1 Å². The van der Waals surface area contributed by atoms with Gasteiger partial charge >= 0.3 is 0 Å². The van der Waals surface area contributed by atoms with Crippen molar-refractivity contribution in [1.82, 2.24) is 23.7 Å². The van der Waals surface area contributed by atoms with Crippen LogP contribution in [0.5, 0.6) is 0 Å². The fourth-order valence-electron chi connectivity index (χ4n) is 11.2. The Morgan fingerprint density at radius 2 is 0.747 bits per heavy atom. The topological polar surface area (TPSA) is 73.1 Å². The normalized spacial score (nSPS) is 11.4. The summed E-state index contributed by atoms with van der Waals surface area (Å²) in [6.45, 7) is 15.7. The van der Waals surface area contributed by atoms with E-state index in [0.717, 1.165) is 72.1 Å². The van der Waals surface area contributed by atoms with Crippen LogP contribution in [0.25, 0.3) is 137 Å².